The fourth-order valence-corrected chi connectivity index (χ4v) is 2.42. The molecule has 0 bridgehead atoms. The Labute approximate surface area is 125 Å². The maximum absolute atomic E-state index is 11.9. The maximum Gasteiger partial charge on any atom is 0.258 e. The summed E-state index contributed by atoms with van der Waals surface area (Å²) in [6.45, 7) is 4.56. The Bertz CT molecular complexity index is 528. The first-order chi connectivity index (χ1) is 10.1. The Morgan fingerprint density at radius 3 is 2.95 bits per heavy atom. The van der Waals surface area contributed by atoms with Gasteiger partial charge >= 0.3 is 0 Å². The number of nitrogens with one attached hydrogen (secondary N) is 2. The summed E-state index contributed by atoms with van der Waals surface area (Å²) in [6, 6.07) is 5.36. The van der Waals surface area contributed by atoms with E-state index < -0.39 is 6.04 Å². The monoisotopic (exact) mass is 290 g/mol. The molecule has 1 atom stereocenters. The lowest BCUT2D eigenvalue weighted by Crippen LogP contribution is -2.46. The molecule has 21 heavy (non-hydrogen) atoms. The molecular weight excluding hydrogens is 268 g/mol. The van der Waals surface area contributed by atoms with Crippen molar-refractivity contribution in [3.05, 3.63) is 29.3 Å². The van der Waals surface area contributed by atoms with Gasteiger partial charge in [0.05, 0.1) is 0 Å². The number of aryl methyl sites for hydroxylation is 2. The molecule has 2 N–H and O–H groups in total. The molecule has 5 nitrogen and oxygen atoms in total. The van der Waals surface area contributed by atoms with E-state index in [-0.39, 0.29) is 18.4 Å². The normalized spacial score (nSPS) is 18.6. The van der Waals surface area contributed by atoms with Crippen molar-refractivity contribution in [2.24, 2.45) is 0 Å². The lowest BCUT2D eigenvalue weighted by atomic mass is 10.1. The van der Waals surface area contributed by atoms with Gasteiger partial charge in [0.15, 0.2) is 6.61 Å². The topological polar surface area (TPSA) is 67.4 Å². The quantitative estimate of drug-likeness (QED) is 0.882. The Kier molecular flexibility index (Phi) is 5.20. The van der Waals surface area contributed by atoms with Crippen molar-refractivity contribution in [1.29, 1.82) is 0 Å². The molecule has 114 valence electrons. The first-order valence-electron chi connectivity index (χ1n) is 7.33. The standard InChI is InChI=1S/C16H22N2O3/c1-11-6-7-14(12(2)9-11)21-10-15(19)18-13-5-3-4-8-17-16(13)20/h6-7,9,13H,3-5,8,10H2,1-2H3,(H,17,20)(H,18,19). The second kappa shape index (κ2) is 7.11. The van der Waals surface area contributed by atoms with Gasteiger partial charge in [-0.3, -0.25) is 9.59 Å². The van der Waals surface area contributed by atoms with Crippen LogP contribution in [0.5, 0.6) is 5.75 Å². The lowest BCUT2D eigenvalue weighted by molar-refractivity contribution is -0.129. The number of benzene rings is 1. The average molecular weight is 290 g/mol. The number of rotatable bonds is 4. The SMILES string of the molecule is Cc1ccc(OCC(=O)NC2CCCCNC2=O)c(C)c1. The molecule has 0 spiro atoms. The van der Waals surface area contributed by atoms with Crippen LogP contribution in [0.15, 0.2) is 18.2 Å². The van der Waals surface area contributed by atoms with Gasteiger partial charge < -0.3 is 15.4 Å². The minimum atomic E-state index is -0.442. The Hall–Kier alpha value is -2.04. The fraction of sp³-hybridized carbons (Fsp3) is 0.500. The molecule has 1 aromatic carbocycles. The van der Waals surface area contributed by atoms with E-state index in [1.165, 1.54) is 0 Å². The van der Waals surface area contributed by atoms with Gasteiger partial charge in [0.1, 0.15) is 11.8 Å². The zero-order valence-electron chi connectivity index (χ0n) is 12.6. The highest BCUT2D eigenvalue weighted by molar-refractivity contribution is 5.88. The zero-order chi connectivity index (χ0) is 15.2. The first kappa shape index (κ1) is 15.4. The molecule has 5 heteroatoms. The smallest absolute Gasteiger partial charge is 0.258 e. The van der Waals surface area contributed by atoms with E-state index in [9.17, 15) is 9.59 Å². The van der Waals surface area contributed by atoms with Crippen molar-refractivity contribution in [1.82, 2.24) is 10.6 Å². The van der Waals surface area contributed by atoms with E-state index in [0.29, 0.717) is 18.7 Å². The molecule has 0 radical (unpaired) electrons. The second-order valence-corrected chi connectivity index (χ2v) is 5.46. The van der Waals surface area contributed by atoms with Gasteiger partial charge in [-0.05, 0) is 44.7 Å². The molecule has 0 aromatic heterocycles. The van der Waals surface area contributed by atoms with Gasteiger partial charge in [-0.1, -0.05) is 17.7 Å². The third-order valence-corrected chi connectivity index (χ3v) is 3.56. The van der Waals surface area contributed by atoms with Crippen molar-refractivity contribution in [2.45, 2.75) is 39.2 Å². The summed E-state index contributed by atoms with van der Waals surface area (Å²) in [7, 11) is 0. The number of amides is 2. The number of carbonyl (C=O) groups excluding carboxylic acids is 2. The fourth-order valence-electron chi connectivity index (χ4n) is 2.42. The highest BCUT2D eigenvalue weighted by Crippen LogP contribution is 2.18. The zero-order valence-corrected chi connectivity index (χ0v) is 12.6. The van der Waals surface area contributed by atoms with E-state index in [0.717, 1.165) is 24.0 Å². The molecule has 1 fully saturated rings. The van der Waals surface area contributed by atoms with Gasteiger partial charge in [-0.2, -0.15) is 0 Å². The number of hydrogen-bond acceptors (Lipinski definition) is 3. The summed E-state index contributed by atoms with van der Waals surface area (Å²) in [5, 5.41) is 5.53. The van der Waals surface area contributed by atoms with Crippen LogP contribution >= 0.6 is 0 Å². The molecular formula is C16H22N2O3. The summed E-state index contributed by atoms with van der Waals surface area (Å²) >= 11 is 0. The lowest BCUT2D eigenvalue weighted by Gasteiger charge is -2.16. The van der Waals surface area contributed by atoms with Gasteiger partial charge in [-0.25, -0.2) is 0 Å². The van der Waals surface area contributed by atoms with Crippen molar-refractivity contribution in [3.63, 3.8) is 0 Å². The summed E-state index contributed by atoms with van der Waals surface area (Å²) < 4.78 is 5.52. The Balaban J connectivity index is 1.85. The van der Waals surface area contributed by atoms with Crippen LogP contribution in [-0.2, 0) is 9.59 Å². The molecule has 1 heterocycles. The van der Waals surface area contributed by atoms with Crippen LogP contribution in [0.4, 0.5) is 0 Å². The van der Waals surface area contributed by atoms with Crippen molar-refractivity contribution in [3.8, 4) is 5.75 Å². The average Bonchev–Trinajstić information content (AvgIpc) is 2.63. The Morgan fingerprint density at radius 2 is 2.19 bits per heavy atom. The third kappa shape index (κ3) is 4.48. The van der Waals surface area contributed by atoms with Gasteiger partial charge in [0.2, 0.25) is 5.91 Å². The number of hydrogen-bond donors (Lipinski definition) is 2. The van der Waals surface area contributed by atoms with Gasteiger partial charge in [0, 0.05) is 6.54 Å². The third-order valence-electron chi connectivity index (χ3n) is 3.56. The van der Waals surface area contributed by atoms with Crippen LogP contribution in [0.25, 0.3) is 0 Å². The highest BCUT2D eigenvalue weighted by Gasteiger charge is 2.22. The summed E-state index contributed by atoms with van der Waals surface area (Å²) in [6.07, 6.45) is 2.57. The molecule has 2 amide bonds. The molecule has 0 aliphatic carbocycles. The van der Waals surface area contributed by atoms with Crippen LogP contribution in [0.2, 0.25) is 0 Å². The highest BCUT2D eigenvalue weighted by atomic mass is 16.5. The van der Waals surface area contributed by atoms with Crippen LogP contribution in [0.1, 0.15) is 30.4 Å². The van der Waals surface area contributed by atoms with Crippen LogP contribution < -0.4 is 15.4 Å². The Morgan fingerprint density at radius 1 is 1.38 bits per heavy atom. The molecule has 1 unspecified atom stereocenters. The van der Waals surface area contributed by atoms with Crippen LogP contribution in [-0.4, -0.2) is 31.0 Å². The first-order valence-corrected chi connectivity index (χ1v) is 7.33. The number of ether oxygens (including phenoxy) is 1. The summed E-state index contributed by atoms with van der Waals surface area (Å²) in [5.41, 5.74) is 2.15. The van der Waals surface area contributed by atoms with Crippen LogP contribution in [0.3, 0.4) is 0 Å². The minimum absolute atomic E-state index is 0.0757. The van der Waals surface area contributed by atoms with E-state index in [2.05, 4.69) is 10.6 Å². The molecule has 1 aliphatic heterocycles. The minimum Gasteiger partial charge on any atom is -0.484 e. The predicted molar refractivity (Wildman–Crippen MR) is 80.2 cm³/mol. The molecule has 1 aliphatic rings. The molecule has 1 aromatic rings. The maximum atomic E-state index is 11.9. The van der Waals surface area contributed by atoms with E-state index in [4.69, 9.17) is 4.74 Å². The van der Waals surface area contributed by atoms with E-state index in [1.54, 1.807) is 0 Å². The van der Waals surface area contributed by atoms with Gasteiger partial charge in [0.25, 0.3) is 5.91 Å². The van der Waals surface area contributed by atoms with Gasteiger partial charge in [-0.15, -0.1) is 0 Å². The summed E-state index contributed by atoms with van der Waals surface area (Å²) in [5.74, 6) is 0.324. The number of carbonyl (C=O) groups is 2. The predicted octanol–water partition coefficient (Wildman–Crippen LogP) is 1.47. The van der Waals surface area contributed by atoms with Crippen molar-refractivity contribution >= 4 is 11.8 Å². The van der Waals surface area contributed by atoms with Crippen LogP contribution in [0, 0.1) is 13.8 Å². The summed E-state index contributed by atoms with van der Waals surface area (Å²) in [4.78, 5) is 23.7. The largest absolute Gasteiger partial charge is 0.484 e. The molecule has 0 saturated carbocycles. The van der Waals surface area contributed by atoms with E-state index in [1.807, 2.05) is 32.0 Å². The van der Waals surface area contributed by atoms with Crippen molar-refractivity contribution < 1.29 is 14.3 Å². The molecule has 1 saturated heterocycles. The molecule has 2 rings (SSSR count). The second-order valence-electron chi connectivity index (χ2n) is 5.46. The van der Waals surface area contributed by atoms with Crippen molar-refractivity contribution in [2.75, 3.05) is 13.2 Å². The van der Waals surface area contributed by atoms with E-state index >= 15 is 0 Å².